The van der Waals surface area contributed by atoms with E-state index < -0.39 is 5.79 Å². The smallest absolute Gasteiger partial charge is 0.165 e. The van der Waals surface area contributed by atoms with Crippen LogP contribution in [0.15, 0.2) is 0 Å². The number of aliphatic hydroxyl groups is 1. The van der Waals surface area contributed by atoms with E-state index in [-0.39, 0.29) is 0 Å². The lowest BCUT2D eigenvalue weighted by molar-refractivity contribution is -0.231. The second kappa shape index (κ2) is 4.71. The van der Waals surface area contributed by atoms with Crippen LogP contribution < -0.4 is 0 Å². The van der Waals surface area contributed by atoms with E-state index in [0.29, 0.717) is 23.4 Å². The summed E-state index contributed by atoms with van der Waals surface area (Å²) in [6.07, 6.45) is 8.30. The van der Waals surface area contributed by atoms with Gasteiger partial charge in [-0.1, -0.05) is 20.8 Å². The first-order valence-corrected chi connectivity index (χ1v) is 8.69. The van der Waals surface area contributed by atoms with Gasteiger partial charge in [0, 0.05) is 19.4 Å². The molecule has 0 aromatic carbocycles. The Hall–Kier alpha value is -0.0800. The van der Waals surface area contributed by atoms with Crippen LogP contribution in [0.5, 0.6) is 0 Å². The van der Waals surface area contributed by atoms with E-state index in [9.17, 15) is 5.11 Å². The van der Waals surface area contributed by atoms with Crippen molar-refractivity contribution in [3.63, 3.8) is 0 Å². The van der Waals surface area contributed by atoms with E-state index >= 15 is 0 Å². The lowest BCUT2D eigenvalue weighted by Crippen LogP contribution is -2.44. The third-order valence-corrected chi connectivity index (χ3v) is 7.57. The first kappa shape index (κ1) is 14.8. The van der Waals surface area contributed by atoms with Crippen molar-refractivity contribution in [3.8, 4) is 0 Å². The Labute approximate surface area is 124 Å². The maximum Gasteiger partial charge on any atom is 0.165 e. The zero-order chi connectivity index (χ0) is 14.6. The second-order valence-electron chi connectivity index (χ2n) is 8.45. The van der Waals surface area contributed by atoms with Gasteiger partial charge in [0.05, 0.1) is 0 Å². The Balaban J connectivity index is 1.78. The summed E-state index contributed by atoms with van der Waals surface area (Å²) in [7, 11) is 0. The van der Waals surface area contributed by atoms with Crippen LogP contribution in [0.25, 0.3) is 0 Å². The summed E-state index contributed by atoms with van der Waals surface area (Å²) < 4.78 is 5.68. The molecule has 20 heavy (non-hydrogen) atoms. The largest absolute Gasteiger partial charge is 0.365 e. The highest BCUT2D eigenvalue weighted by molar-refractivity contribution is 5.11. The van der Waals surface area contributed by atoms with Crippen LogP contribution in [0.3, 0.4) is 0 Å². The van der Waals surface area contributed by atoms with E-state index in [0.717, 1.165) is 31.1 Å². The fraction of sp³-hybridized carbons (Fsp3) is 1.00. The molecule has 2 nitrogen and oxygen atoms in total. The Morgan fingerprint density at radius 3 is 2.45 bits per heavy atom. The van der Waals surface area contributed by atoms with Gasteiger partial charge < -0.3 is 9.84 Å². The molecular weight excluding hydrogens is 248 g/mol. The standard InChI is InChI=1S/C18H32O2/c1-5-20-18(19)9-6-7-13(12-18)15-11-14-8-10-17(15,4)16(14,2)3/h13-15,19H,5-12H2,1-4H3/t13?,14-,15+,17+,18?/m1/s1. The van der Waals surface area contributed by atoms with Gasteiger partial charge in [0.1, 0.15) is 0 Å². The highest BCUT2D eigenvalue weighted by Crippen LogP contribution is 2.70. The van der Waals surface area contributed by atoms with Gasteiger partial charge in [-0.15, -0.1) is 0 Å². The molecule has 2 bridgehead atoms. The van der Waals surface area contributed by atoms with Crippen LogP contribution in [-0.2, 0) is 4.74 Å². The average molecular weight is 280 g/mol. The fourth-order valence-corrected chi connectivity index (χ4v) is 5.98. The van der Waals surface area contributed by atoms with Crippen molar-refractivity contribution in [1.82, 2.24) is 0 Å². The number of fused-ring (bicyclic) bond motifs is 2. The normalized spacial score (nSPS) is 50.5. The molecule has 3 fully saturated rings. The van der Waals surface area contributed by atoms with Crippen LogP contribution in [0.2, 0.25) is 0 Å². The molecule has 0 amide bonds. The minimum absolute atomic E-state index is 0.479. The van der Waals surface area contributed by atoms with Crippen LogP contribution in [0.4, 0.5) is 0 Å². The van der Waals surface area contributed by atoms with Gasteiger partial charge in [0.15, 0.2) is 5.79 Å². The molecule has 116 valence electrons. The predicted molar refractivity (Wildman–Crippen MR) is 81.3 cm³/mol. The van der Waals surface area contributed by atoms with Gasteiger partial charge in [-0.25, -0.2) is 0 Å². The van der Waals surface area contributed by atoms with Gasteiger partial charge in [0.25, 0.3) is 0 Å². The molecule has 0 saturated heterocycles. The van der Waals surface area contributed by atoms with Gasteiger partial charge in [0.2, 0.25) is 0 Å². The number of hydrogen-bond acceptors (Lipinski definition) is 2. The van der Waals surface area contributed by atoms with Gasteiger partial charge >= 0.3 is 0 Å². The fourth-order valence-electron chi connectivity index (χ4n) is 5.98. The minimum atomic E-state index is -0.833. The molecule has 2 heteroatoms. The summed E-state index contributed by atoms with van der Waals surface area (Å²) in [5, 5.41) is 10.7. The van der Waals surface area contributed by atoms with E-state index in [1.165, 1.54) is 25.7 Å². The first-order valence-electron chi connectivity index (χ1n) is 8.69. The molecule has 3 aliphatic carbocycles. The summed E-state index contributed by atoms with van der Waals surface area (Å²) >= 11 is 0. The minimum Gasteiger partial charge on any atom is -0.365 e. The molecule has 2 unspecified atom stereocenters. The van der Waals surface area contributed by atoms with Crippen molar-refractivity contribution in [2.75, 3.05) is 6.61 Å². The number of hydrogen-bond donors (Lipinski definition) is 1. The Kier molecular flexibility index (Phi) is 3.49. The van der Waals surface area contributed by atoms with Crippen LogP contribution >= 0.6 is 0 Å². The third kappa shape index (κ3) is 1.98. The Morgan fingerprint density at radius 2 is 1.90 bits per heavy atom. The molecule has 1 N–H and O–H groups in total. The highest BCUT2D eigenvalue weighted by atomic mass is 16.6. The lowest BCUT2D eigenvalue weighted by atomic mass is 9.60. The quantitative estimate of drug-likeness (QED) is 0.778. The topological polar surface area (TPSA) is 29.5 Å². The van der Waals surface area contributed by atoms with Crippen LogP contribution in [-0.4, -0.2) is 17.5 Å². The zero-order valence-electron chi connectivity index (χ0n) is 13.7. The second-order valence-corrected chi connectivity index (χ2v) is 8.45. The molecule has 5 atom stereocenters. The van der Waals surface area contributed by atoms with Crippen molar-refractivity contribution >= 4 is 0 Å². The highest BCUT2D eigenvalue weighted by Gasteiger charge is 2.63. The molecule has 0 aromatic heterocycles. The van der Waals surface area contributed by atoms with Crippen molar-refractivity contribution in [3.05, 3.63) is 0 Å². The maximum atomic E-state index is 10.7. The summed E-state index contributed by atoms with van der Waals surface area (Å²) in [5.41, 5.74) is 0.964. The molecule has 0 spiro atoms. The van der Waals surface area contributed by atoms with Gasteiger partial charge in [-0.05, 0) is 67.6 Å². The van der Waals surface area contributed by atoms with Crippen molar-refractivity contribution in [2.24, 2.45) is 28.6 Å². The molecule has 3 rings (SSSR count). The van der Waals surface area contributed by atoms with E-state index in [1.54, 1.807) is 0 Å². The average Bonchev–Trinajstić information content (AvgIpc) is 2.71. The summed E-state index contributed by atoms with van der Waals surface area (Å²) in [5.74, 6) is 1.53. The molecular formula is C18H32O2. The summed E-state index contributed by atoms with van der Waals surface area (Å²) in [6.45, 7) is 10.1. The van der Waals surface area contributed by atoms with E-state index in [1.807, 2.05) is 6.92 Å². The maximum absolute atomic E-state index is 10.7. The first-order chi connectivity index (χ1) is 9.32. The van der Waals surface area contributed by atoms with Crippen molar-refractivity contribution < 1.29 is 9.84 Å². The van der Waals surface area contributed by atoms with E-state index in [4.69, 9.17) is 4.74 Å². The van der Waals surface area contributed by atoms with Crippen LogP contribution in [0, 0.1) is 28.6 Å². The third-order valence-electron chi connectivity index (χ3n) is 7.57. The van der Waals surface area contributed by atoms with Crippen molar-refractivity contribution in [1.29, 1.82) is 0 Å². The number of rotatable bonds is 3. The SMILES string of the molecule is CCOC1(O)CCCC([C@@H]2C[C@H]3CC[C@]2(C)C3(C)C)C1. The van der Waals surface area contributed by atoms with Gasteiger partial charge in [-0.2, -0.15) is 0 Å². The molecule has 3 saturated carbocycles. The molecule has 0 heterocycles. The monoisotopic (exact) mass is 280 g/mol. The molecule has 0 aliphatic heterocycles. The van der Waals surface area contributed by atoms with E-state index in [2.05, 4.69) is 20.8 Å². The molecule has 3 aliphatic rings. The molecule has 0 aromatic rings. The zero-order valence-corrected chi connectivity index (χ0v) is 13.7. The number of ether oxygens (including phenoxy) is 1. The molecule has 0 radical (unpaired) electrons. The Morgan fingerprint density at radius 1 is 1.15 bits per heavy atom. The predicted octanol–water partition coefficient (Wildman–Crippen LogP) is 4.36. The Bertz CT molecular complexity index is 374. The summed E-state index contributed by atoms with van der Waals surface area (Å²) in [4.78, 5) is 0. The van der Waals surface area contributed by atoms with Gasteiger partial charge in [-0.3, -0.25) is 0 Å². The lowest BCUT2D eigenvalue weighted by Gasteiger charge is -2.46. The summed E-state index contributed by atoms with van der Waals surface area (Å²) in [6, 6.07) is 0. The van der Waals surface area contributed by atoms with Crippen molar-refractivity contribution in [2.45, 2.75) is 78.4 Å². The van der Waals surface area contributed by atoms with Crippen LogP contribution in [0.1, 0.15) is 72.6 Å².